The second kappa shape index (κ2) is 9.37. The molecule has 0 unspecified atom stereocenters. The van der Waals surface area contributed by atoms with Crippen LogP contribution in [0.4, 0.5) is 13.2 Å². The number of esters is 1. The molecule has 0 aliphatic rings. The highest BCUT2D eigenvalue weighted by Gasteiger charge is 2.33. The number of aromatic nitrogens is 1. The first-order chi connectivity index (χ1) is 13.6. The van der Waals surface area contributed by atoms with Gasteiger partial charge in [0.15, 0.2) is 5.69 Å². The highest BCUT2D eigenvalue weighted by atomic mass is 32.2. The van der Waals surface area contributed by atoms with Gasteiger partial charge in [0.05, 0.1) is 24.1 Å². The lowest BCUT2D eigenvalue weighted by Gasteiger charge is -2.21. The Hall–Kier alpha value is -2.44. The Morgan fingerprint density at radius 2 is 2.00 bits per heavy atom. The number of carbonyl (C=O) groups excluding carboxylic acids is 1. The summed E-state index contributed by atoms with van der Waals surface area (Å²) in [5, 5.41) is 0. The number of benzene rings is 1. The molecule has 0 aliphatic heterocycles. The highest BCUT2D eigenvalue weighted by molar-refractivity contribution is 7.89. The fourth-order valence-corrected chi connectivity index (χ4v) is 3.86. The number of carbonyl (C=O) groups is 1. The molecule has 0 saturated carbocycles. The molecule has 2 rings (SSSR count). The van der Waals surface area contributed by atoms with Crippen LogP contribution in [0, 0.1) is 0 Å². The second-order valence-electron chi connectivity index (χ2n) is 5.83. The SMILES string of the molecule is COCCCN(Cc1nc(C(=O)OC)co1)S(=O)(=O)c1cccc(C(F)(F)F)c1. The van der Waals surface area contributed by atoms with Gasteiger partial charge in [-0.05, 0) is 24.6 Å². The molecule has 0 atom stereocenters. The number of nitrogens with zero attached hydrogens (tertiary/aromatic N) is 2. The molecule has 0 radical (unpaired) electrons. The number of methoxy groups -OCH3 is 2. The van der Waals surface area contributed by atoms with Crippen molar-refractivity contribution in [2.24, 2.45) is 0 Å². The van der Waals surface area contributed by atoms with Crippen molar-refractivity contribution in [3.8, 4) is 0 Å². The maximum atomic E-state index is 13.0. The minimum Gasteiger partial charge on any atom is -0.464 e. The summed E-state index contributed by atoms with van der Waals surface area (Å²) in [6, 6.07) is 3.44. The summed E-state index contributed by atoms with van der Waals surface area (Å²) in [5.74, 6) is -0.884. The molecule has 29 heavy (non-hydrogen) atoms. The van der Waals surface area contributed by atoms with Crippen LogP contribution in [0.15, 0.2) is 39.8 Å². The van der Waals surface area contributed by atoms with Crippen LogP contribution in [-0.2, 0) is 32.2 Å². The fraction of sp³-hybridized carbons (Fsp3) is 0.412. The molecular weight excluding hydrogens is 417 g/mol. The highest BCUT2D eigenvalue weighted by Crippen LogP contribution is 2.31. The third-order valence-corrected chi connectivity index (χ3v) is 5.65. The molecule has 8 nitrogen and oxygen atoms in total. The van der Waals surface area contributed by atoms with Crippen LogP contribution >= 0.6 is 0 Å². The molecule has 0 N–H and O–H groups in total. The third-order valence-electron chi connectivity index (χ3n) is 3.81. The standard InChI is InChI=1S/C17H19F3N2O6S/c1-26-8-4-7-22(10-15-21-14(11-28-15)16(23)27-2)29(24,25)13-6-3-5-12(9-13)17(18,19)20/h3,5-6,9,11H,4,7-8,10H2,1-2H3. The Balaban J connectivity index is 2.35. The summed E-state index contributed by atoms with van der Waals surface area (Å²) in [4.78, 5) is 14.8. The Bertz CT molecular complexity index is 943. The minimum atomic E-state index is -4.69. The van der Waals surface area contributed by atoms with E-state index in [0.717, 1.165) is 35.9 Å². The zero-order chi connectivity index (χ0) is 21.7. The Morgan fingerprint density at radius 1 is 1.28 bits per heavy atom. The molecule has 0 bridgehead atoms. The van der Waals surface area contributed by atoms with E-state index in [1.807, 2.05) is 0 Å². The number of ether oxygens (including phenoxy) is 2. The van der Waals surface area contributed by atoms with Gasteiger partial charge in [0.2, 0.25) is 15.9 Å². The van der Waals surface area contributed by atoms with Crippen molar-refractivity contribution in [2.75, 3.05) is 27.4 Å². The monoisotopic (exact) mass is 436 g/mol. The van der Waals surface area contributed by atoms with E-state index in [9.17, 15) is 26.4 Å². The summed E-state index contributed by atoms with van der Waals surface area (Å²) in [7, 11) is -1.74. The Labute approximate surface area is 165 Å². The van der Waals surface area contributed by atoms with Gasteiger partial charge in [-0.1, -0.05) is 6.07 Å². The van der Waals surface area contributed by atoms with Crippen molar-refractivity contribution in [3.63, 3.8) is 0 Å². The van der Waals surface area contributed by atoms with Crippen LogP contribution in [0.25, 0.3) is 0 Å². The molecule has 0 fully saturated rings. The summed E-state index contributed by atoms with van der Waals surface area (Å²) < 4.78 is 80.3. The summed E-state index contributed by atoms with van der Waals surface area (Å²) in [6.45, 7) is -0.227. The number of rotatable bonds is 9. The van der Waals surface area contributed by atoms with E-state index in [2.05, 4.69) is 9.72 Å². The van der Waals surface area contributed by atoms with Crippen molar-refractivity contribution in [3.05, 3.63) is 47.7 Å². The molecular formula is C17H19F3N2O6S. The lowest BCUT2D eigenvalue weighted by molar-refractivity contribution is -0.137. The van der Waals surface area contributed by atoms with Gasteiger partial charge in [-0.2, -0.15) is 17.5 Å². The zero-order valence-corrected chi connectivity index (χ0v) is 16.4. The van der Waals surface area contributed by atoms with E-state index in [0.29, 0.717) is 6.07 Å². The molecule has 0 amide bonds. The molecule has 1 aromatic heterocycles. The average Bonchev–Trinajstić information content (AvgIpc) is 3.15. The molecule has 0 aliphatic carbocycles. The summed E-state index contributed by atoms with van der Waals surface area (Å²) in [6.07, 6.45) is -3.41. The number of hydrogen-bond donors (Lipinski definition) is 0. The molecule has 1 heterocycles. The van der Waals surface area contributed by atoms with Crippen molar-refractivity contribution in [2.45, 2.75) is 24.0 Å². The number of oxazole rings is 1. The maximum Gasteiger partial charge on any atom is 0.416 e. The molecule has 12 heteroatoms. The first-order valence-corrected chi connectivity index (χ1v) is 9.72. The first kappa shape index (κ1) is 22.8. The number of hydrogen-bond acceptors (Lipinski definition) is 7. The van der Waals surface area contributed by atoms with Gasteiger partial charge in [0.1, 0.15) is 6.26 Å². The molecule has 1 aromatic carbocycles. The van der Waals surface area contributed by atoms with E-state index in [1.54, 1.807) is 0 Å². The van der Waals surface area contributed by atoms with Crippen LogP contribution in [0.2, 0.25) is 0 Å². The van der Waals surface area contributed by atoms with Crippen LogP contribution in [0.3, 0.4) is 0 Å². The van der Waals surface area contributed by atoms with Gasteiger partial charge in [-0.3, -0.25) is 0 Å². The van der Waals surface area contributed by atoms with Crippen molar-refractivity contribution < 1.29 is 40.3 Å². The smallest absolute Gasteiger partial charge is 0.416 e. The quantitative estimate of drug-likeness (QED) is 0.440. The fourth-order valence-electron chi connectivity index (χ4n) is 2.38. The second-order valence-corrected chi connectivity index (χ2v) is 7.77. The third kappa shape index (κ3) is 5.78. The zero-order valence-electron chi connectivity index (χ0n) is 15.6. The van der Waals surface area contributed by atoms with E-state index in [-0.39, 0.29) is 37.7 Å². The van der Waals surface area contributed by atoms with Gasteiger partial charge in [0.25, 0.3) is 0 Å². The molecule has 0 spiro atoms. The average molecular weight is 436 g/mol. The number of alkyl halides is 3. The van der Waals surface area contributed by atoms with Gasteiger partial charge < -0.3 is 13.9 Å². The van der Waals surface area contributed by atoms with Crippen molar-refractivity contribution in [1.82, 2.24) is 9.29 Å². The van der Waals surface area contributed by atoms with E-state index in [4.69, 9.17) is 9.15 Å². The van der Waals surface area contributed by atoms with Crippen LogP contribution < -0.4 is 0 Å². The van der Waals surface area contributed by atoms with Crippen LogP contribution in [0.5, 0.6) is 0 Å². The van der Waals surface area contributed by atoms with Crippen LogP contribution in [0.1, 0.15) is 28.4 Å². The molecule has 2 aromatic rings. The Morgan fingerprint density at radius 3 is 2.62 bits per heavy atom. The van der Waals surface area contributed by atoms with Crippen LogP contribution in [-0.4, -0.2) is 51.0 Å². The summed E-state index contributed by atoms with van der Waals surface area (Å²) in [5.41, 5.74) is -1.24. The van der Waals surface area contributed by atoms with Gasteiger partial charge in [0, 0.05) is 20.3 Å². The van der Waals surface area contributed by atoms with Crippen molar-refractivity contribution in [1.29, 1.82) is 0 Å². The normalized spacial score (nSPS) is 12.3. The van der Waals surface area contributed by atoms with Gasteiger partial charge in [-0.25, -0.2) is 18.2 Å². The topological polar surface area (TPSA) is 98.9 Å². The lowest BCUT2D eigenvalue weighted by Crippen LogP contribution is -2.32. The Kier molecular flexibility index (Phi) is 7.38. The van der Waals surface area contributed by atoms with E-state index < -0.39 is 32.6 Å². The van der Waals surface area contributed by atoms with E-state index >= 15 is 0 Å². The maximum absolute atomic E-state index is 13.0. The van der Waals surface area contributed by atoms with E-state index in [1.165, 1.54) is 7.11 Å². The minimum absolute atomic E-state index is 0.0671. The number of sulfonamides is 1. The first-order valence-electron chi connectivity index (χ1n) is 8.28. The van der Waals surface area contributed by atoms with Crippen molar-refractivity contribution >= 4 is 16.0 Å². The van der Waals surface area contributed by atoms with Gasteiger partial charge >= 0.3 is 12.1 Å². The lowest BCUT2D eigenvalue weighted by atomic mass is 10.2. The largest absolute Gasteiger partial charge is 0.464 e. The molecule has 0 saturated heterocycles. The predicted octanol–water partition coefficient (Wildman–Crippen LogP) is 2.71. The predicted molar refractivity (Wildman–Crippen MR) is 93.4 cm³/mol. The number of halogens is 3. The molecule has 160 valence electrons. The van der Waals surface area contributed by atoms with Gasteiger partial charge in [-0.15, -0.1) is 0 Å². The summed E-state index contributed by atoms with van der Waals surface area (Å²) >= 11 is 0.